The smallest absolute Gasteiger partial charge is 0.748 e. The molecule has 1 fully saturated rings. The number of carbonyl (C=O) groups excluding carboxylic acids is 1. The van der Waals surface area contributed by atoms with Gasteiger partial charge in [0.2, 0.25) is 0 Å². The van der Waals surface area contributed by atoms with Crippen molar-refractivity contribution >= 4 is 15.9 Å². The minimum absolute atomic E-state index is 0. The van der Waals surface area contributed by atoms with Crippen LogP contribution in [-0.2, 0) is 15.9 Å². The van der Waals surface area contributed by atoms with Gasteiger partial charge in [-0.25, -0.2) is 8.42 Å². The predicted molar refractivity (Wildman–Crippen MR) is 95.4 cm³/mol. The first-order valence-corrected chi connectivity index (χ1v) is 10.2. The van der Waals surface area contributed by atoms with Crippen LogP contribution < -0.4 is 29.6 Å². The molecule has 1 aromatic carbocycles. The van der Waals surface area contributed by atoms with Crippen molar-refractivity contribution in [2.45, 2.75) is 18.1 Å². The van der Waals surface area contributed by atoms with Crippen LogP contribution in [0.15, 0.2) is 60.8 Å². The number of fused-ring (bicyclic) bond motifs is 2. The van der Waals surface area contributed by atoms with E-state index >= 15 is 0 Å². The van der Waals surface area contributed by atoms with Crippen LogP contribution >= 0.6 is 0 Å². The van der Waals surface area contributed by atoms with Crippen molar-refractivity contribution in [3.63, 3.8) is 0 Å². The Morgan fingerprint density at radius 1 is 1.07 bits per heavy atom. The Morgan fingerprint density at radius 2 is 1.78 bits per heavy atom. The fourth-order valence-electron chi connectivity index (χ4n) is 4.35. The van der Waals surface area contributed by atoms with E-state index in [-0.39, 0.29) is 53.1 Å². The second-order valence-corrected chi connectivity index (χ2v) is 8.43. The number of carbonyl (C=O) groups is 1. The number of pyridine rings is 1. The summed E-state index contributed by atoms with van der Waals surface area (Å²) >= 11 is 0. The molecule has 134 valence electrons. The molecular weight excluding hydrogens is 373 g/mol. The maximum absolute atomic E-state index is 13.1. The second kappa shape index (κ2) is 7.97. The van der Waals surface area contributed by atoms with E-state index in [0.717, 1.165) is 12.0 Å². The molecule has 1 saturated carbocycles. The maximum atomic E-state index is 13.1. The zero-order valence-corrected chi connectivity index (χ0v) is 17.8. The Labute approximate surface area is 180 Å². The van der Waals surface area contributed by atoms with Gasteiger partial charge in [-0.2, -0.15) is 0 Å². The first-order chi connectivity index (χ1) is 12.4. The topological polar surface area (TPSA) is 87.2 Å². The van der Waals surface area contributed by atoms with Crippen LogP contribution in [0.1, 0.15) is 34.0 Å². The third-order valence-electron chi connectivity index (χ3n) is 5.39. The number of aromatic nitrogens is 1. The number of nitrogens with zero attached hydrogens (tertiary/aromatic N) is 1. The minimum Gasteiger partial charge on any atom is -0.748 e. The number of ketones is 1. The largest absolute Gasteiger partial charge is 1.00 e. The molecule has 2 aliphatic carbocycles. The standard InChI is InChI=1S/C20H19NO4S.Na/c22-20(17-3-1-2-10-21-17)19-16-9-8-15(11-16)18(19)14-6-4-13(5-7-14)12-26(23,24)25;/h1-10,15-16,18-19H,11-12H2,(H,23,24,25);/q;+1/p-1/t15-,16+,18-,19-;/m1./s1. The van der Waals surface area contributed by atoms with E-state index in [9.17, 15) is 17.8 Å². The van der Waals surface area contributed by atoms with Crippen LogP contribution in [0.25, 0.3) is 0 Å². The first kappa shape index (κ1) is 20.4. The molecule has 2 bridgehead atoms. The summed E-state index contributed by atoms with van der Waals surface area (Å²) in [6.45, 7) is 0. The van der Waals surface area contributed by atoms with E-state index in [1.54, 1.807) is 30.5 Å². The molecule has 4 atom stereocenters. The van der Waals surface area contributed by atoms with Gasteiger partial charge in [-0.05, 0) is 41.5 Å². The summed E-state index contributed by atoms with van der Waals surface area (Å²) < 4.78 is 32.8. The Bertz CT molecular complexity index is 957. The first-order valence-electron chi connectivity index (χ1n) is 8.58. The fraction of sp³-hybridized carbons (Fsp3) is 0.300. The molecule has 0 N–H and O–H groups in total. The maximum Gasteiger partial charge on any atom is 1.00 e. The van der Waals surface area contributed by atoms with Gasteiger partial charge in [0.25, 0.3) is 0 Å². The summed E-state index contributed by atoms with van der Waals surface area (Å²) in [7, 11) is -4.30. The minimum atomic E-state index is -4.30. The summed E-state index contributed by atoms with van der Waals surface area (Å²) in [4.78, 5) is 17.3. The summed E-state index contributed by atoms with van der Waals surface area (Å²) in [5.74, 6) is -0.0572. The van der Waals surface area contributed by atoms with Crippen molar-refractivity contribution < 1.29 is 47.3 Å². The number of hydrogen-bond acceptors (Lipinski definition) is 5. The van der Waals surface area contributed by atoms with Crippen molar-refractivity contribution in [3.05, 3.63) is 77.6 Å². The molecule has 0 unspecified atom stereocenters. The number of rotatable bonds is 5. The Morgan fingerprint density at radius 3 is 2.41 bits per heavy atom. The van der Waals surface area contributed by atoms with Crippen molar-refractivity contribution in [1.29, 1.82) is 0 Å². The molecule has 5 nitrogen and oxygen atoms in total. The molecule has 0 spiro atoms. The molecule has 2 aromatic rings. The van der Waals surface area contributed by atoms with Crippen LogP contribution in [0.4, 0.5) is 0 Å². The number of hydrogen-bond donors (Lipinski definition) is 0. The summed E-state index contributed by atoms with van der Waals surface area (Å²) in [6.07, 6.45) is 6.88. The third kappa shape index (κ3) is 4.25. The van der Waals surface area contributed by atoms with Crippen molar-refractivity contribution in [2.24, 2.45) is 17.8 Å². The predicted octanol–water partition coefficient (Wildman–Crippen LogP) is -0.0806. The molecule has 2 aliphatic rings. The van der Waals surface area contributed by atoms with Crippen LogP contribution in [-0.4, -0.2) is 23.7 Å². The van der Waals surface area contributed by atoms with E-state index < -0.39 is 15.9 Å². The Balaban J connectivity index is 0.00000210. The van der Waals surface area contributed by atoms with E-state index in [1.807, 2.05) is 18.2 Å². The van der Waals surface area contributed by atoms with Crippen molar-refractivity contribution in [2.75, 3.05) is 0 Å². The van der Waals surface area contributed by atoms with Gasteiger partial charge in [0.15, 0.2) is 5.78 Å². The summed E-state index contributed by atoms with van der Waals surface area (Å²) in [6, 6.07) is 12.4. The quantitative estimate of drug-likeness (QED) is 0.308. The van der Waals surface area contributed by atoms with Gasteiger partial charge < -0.3 is 4.55 Å². The average Bonchev–Trinajstić information content (AvgIpc) is 3.22. The third-order valence-corrected chi connectivity index (χ3v) is 6.07. The van der Waals surface area contributed by atoms with E-state index in [0.29, 0.717) is 17.2 Å². The van der Waals surface area contributed by atoms with Gasteiger partial charge in [-0.1, -0.05) is 42.5 Å². The zero-order valence-electron chi connectivity index (χ0n) is 15.0. The van der Waals surface area contributed by atoms with Crippen LogP contribution in [0.5, 0.6) is 0 Å². The monoisotopic (exact) mass is 391 g/mol. The van der Waals surface area contributed by atoms with Crippen LogP contribution in [0.2, 0.25) is 0 Å². The van der Waals surface area contributed by atoms with Crippen molar-refractivity contribution in [1.82, 2.24) is 4.98 Å². The molecule has 27 heavy (non-hydrogen) atoms. The Kier molecular flexibility index (Phi) is 6.03. The SMILES string of the molecule is O=C(c1ccccn1)[C@H]1[C@H](c2ccc(CS(=O)(=O)[O-])cc2)[C@@H]2C=C[C@H]1C2.[Na+]. The van der Waals surface area contributed by atoms with Crippen LogP contribution in [0, 0.1) is 17.8 Å². The molecule has 0 radical (unpaired) electrons. The fourth-order valence-corrected chi connectivity index (χ4v) is 4.95. The van der Waals surface area contributed by atoms with Gasteiger partial charge in [0.1, 0.15) is 5.69 Å². The van der Waals surface area contributed by atoms with Gasteiger partial charge in [0.05, 0.1) is 15.9 Å². The van der Waals surface area contributed by atoms with E-state index in [1.165, 1.54) is 0 Å². The van der Waals surface area contributed by atoms with E-state index in [2.05, 4.69) is 17.1 Å². The molecule has 7 heteroatoms. The second-order valence-electron chi connectivity index (χ2n) is 7.02. The summed E-state index contributed by atoms with van der Waals surface area (Å²) in [5, 5.41) is 0. The van der Waals surface area contributed by atoms with Gasteiger partial charge in [-0.3, -0.25) is 9.78 Å². The summed E-state index contributed by atoms with van der Waals surface area (Å²) in [5.41, 5.74) is 1.95. The van der Waals surface area contributed by atoms with Gasteiger partial charge >= 0.3 is 29.6 Å². The molecular formula is C20H18NNaO4S. The van der Waals surface area contributed by atoms with Crippen LogP contribution in [0.3, 0.4) is 0 Å². The normalized spacial score (nSPS) is 26.0. The molecule has 0 aliphatic heterocycles. The number of Topliss-reactive ketones (excluding diaryl/α,β-unsaturated/α-hetero) is 1. The molecule has 4 rings (SSSR count). The van der Waals surface area contributed by atoms with Gasteiger partial charge in [0, 0.05) is 18.0 Å². The molecule has 0 saturated heterocycles. The van der Waals surface area contributed by atoms with E-state index in [4.69, 9.17) is 0 Å². The zero-order chi connectivity index (χ0) is 18.3. The van der Waals surface area contributed by atoms with Crippen molar-refractivity contribution in [3.8, 4) is 0 Å². The number of benzene rings is 1. The molecule has 1 heterocycles. The Hall–Kier alpha value is -1.31. The molecule has 0 amide bonds. The average molecular weight is 391 g/mol. The van der Waals surface area contributed by atoms with Gasteiger partial charge in [-0.15, -0.1) is 0 Å². The molecule has 1 aromatic heterocycles. The number of allylic oxidation sites excluding steroid dienone is 2.